The van der Waals surface area contributed by atoms with Gasteiger partial charge in [0.2, 0.25) is 5.60 Å². The van der Waals surface area contributed by atoms with E-state index in [4.69, 9.17) is 9.84 Å². The summed E-state index contributed by atoms with van der Waals surface area (Å²) in [6, 6.07) is 8.99. The Bertz CT molecular complexity index is 664. The zero-order chi connectivity index (χ0) is 24.2. The largest absolute Gasteiger partial charge is 0.479 e. The van der Waals surface area contributed by atoms with Crippen LogP contribution >= 0.6 is 0 Å². The van der Waals surface area contributed by atoms with Gasteiger partial charge in [0.05, 0.1) is 13.7 Å². The maximum absolute atomic E-state index is 10.9. The maximum atomic E-state index is 10.9. The van der Waals surface area contributed by atoms with Crippen molar-refractivity contribution in [3.63, 3.8) is 0 Å². The van der Waals surface area contributed by atoms with Gasteiger partial charge in [0.25, 0.3) is 0 Å². The van der Waals surface area contributed by atoms with Crippen molar-refractivity contribution in [2.24, 2.45) is 0 Å². The Morgan fingerprint density at radius 2 is 1.42 bits per heavy atom. The molecule has 1 aliphatic rings. The van der Waals surface area contributed by atoms with Crippen molar-refractivity contribution >= 4 is 11.9 Å². The number of ether oxygens (including phenoxy) is 2. The van der Waals surface area contributed by atoms with Crippen molar-refractivity contribution < 1.29 is 24.2 Å². The first-order valence-electron chi connectivity index (χ1n) is 12.7. The number of epoxide rings is 1. The number of methoxy groups -OCH3 is 1. The van der Waals surface area contributed by atoms with Gasteiger partial charge in [-0.15, -0.1) is 0 Å². The Hall–Kier alpha value is -2.14. The third kappa shape index (κ3) is 13.2. The predicted molar refractivity (Wildman–Crippen MR) is 133 cm³/mol. The van der Waals surface area contributed by atoms with E-state index in [1.807, 2.05) is 18.2 Å². The van der Waals surface area contributed by atoms with E-state index in [2.05, 4.69) is 23.8 Å². The van der Waals surface area contributed by atoms with Gasteiger partial charge in [-0.25, -0.2) is 4.79 Å². The first-order valence-corrected chi connectivity index (χ1v) is 12.7. The average molecular weight is 461 g/mol. The lowest BCUT2D eigenvalue weighted by Gasteiger charge is -2.04. The summed E-state index contributed by atoms with van der Waals surface area (Å²) in [5.41, 5.74) is -0.321. The van der Waals surface area contributed by atoms with Gasteiger partial charge >= 0.3 is 11.9 Å². The lowest BCUT2D eigenvalue weighted by atomic mass is 10.0. The number of carboxylic acids is 1. The van der Waals surface area contributed by atoms with Crippen LogP contribution in [0.4, 0.5) is 0 Å². The molecule has 1 atom stereocenters. The second kappa shape index (κ2) is 18.3. The standard InChI is InChI=1S/C19H36O2.C9H8O3/c1-3-4-5-6-7-8-9-10-11-12-13-14-15-16-17-18-19(20)21-2;10-8(11)9(6-12-9)7-4-2-1-3-5-7/h10-11H,3-9,12-18H2,1-2H3;1-5H,6H2,(H,10,11)/b11-10-;. The molecule has 1 N–H and O–H groups in total. The molecule has 5 heteroatoms. The Balaban J connectivity index is 0.000000377. The minimum Gasteiger partial charge on any atom is -0.479 e. The van der Waals surface area contributed by atoms with Crippen molar-refractivity contribution in [1.82, 2.24) is 0 Å². The zero-order valence-electron chi connectivity index (χ0n) is 20.7. The highest BCUT2D eigenvalue weighted by atomic mass is 16.6. The molecule has 5 nitrogen and oxygen atoms in total. The van der Waals surface area contributed by atoms with Crippen LogP contribution in [0.1, 0.15) is 102 Å². The second-order valence-corrected chi connectivity index (χ2v) is 8.70. The Labute approximate surface area is 200 Å². The maximum Gasteiger partial charge on any atom is 0.343 e. The molecule has 186 valence electrons. The molecule has 0 saturated carbocycles. The molecule has 33 heavy (non-hydrogen) atoms. The summed E-state index contributed by atoms with van der Waals surface area (Å²) < 4.78 is 9.57. The highest BCUT2D eigenvalue weighted by molar-refractivity contribution is 5.82. The average Bonchev–Trinajstić information content (AvgIpc) is 3.65. The van der Waals surface area contributed by atoms with Crippen molar-refractivity contribution in [3.8, 4) is 0 Å². The van der Waals surface area contributed by atoms with Crippen molar-refractivity contribution in [2.75, 3.05) is 13.7 Å². The molecule has 0 aromatic heterocycles. The number of hydrogen-bond donors (Lipinski definition) is 1. The van der Waals surface area contributed by atoms with Crippen LogP contribution in [0.15, 0.2) is 42.5 Å². The monoisotopic (exact) mass is 460 g/mol. The number of benzene rings is 1. The Kier molecular flexibility index (Phi) is 16.0. The van der Waals surface area contributed by atoms with Crippen LogP contribution in [0.25, 0.3) is 0 Å². The van der Waals surface area contributed by atoms with Gasteiger partial charge in [-0.1, -0.05) is 101 Å². The normalized spacial score (nSPS) is 16.8. The van der Waals surface area contributed by atoms with E-state index in [1.165, 1.54) is 77.7 Å². The highest BCUT2D eigenvalue weighted by Crippen LogP contribution is 2.38. The lowest BCUT2D eigenvalue weighted by molar-refractivity contribution is -0.143. The van der Waals surface area contributed by atoms with Crippen LogP contribution in [0.3, 0.4) is 0 Å². The summed E-state index contributed by atoms with van der Waals surface area (Å²) in [4.78, 5) is 21.7. The fourth-order valence-electron chi connectivity index (χ4n) is 3.64. The quantitative estimate of drug-likeness (QED) is 0.115. The van der Waals surface area contributed by atoms with Crippen molar-refractivity contribution in [2.45, 2.75) is 102 Å². The SMILES string of the molecule is CCCCCCCC/C=C\CCCCCCCC(=O)OC.O=C(O)C1(c2ccccc2)CO1. The predicted octanol–water partition coefficient (Wildman–Crippen LogP) is 7.19. The molecule has 1 aromatic carbocycles. The number of esters is 1. The minimum atomic E-state index is -1.04. The molecule has 0 spiro atoms. The molecule has 0 amide bonds. The summed E-state index contributed by atoms with van der Waals surface area (Å²) in [5.74, 6) is -0.985. The third-order valence-electron chi connectivity index (χ3n) is 5.89. The van der Waals surface area contributed by atoms with E-state index < -0.39 is 11.6 Å². The number of carbonyl (C=O) groups excluding carboxylic acids is 1. The number of unbranched alkanes of at least 4 members (excludes halogenated alkanes) is 11. The molecular weight excluding hydrogens is 416 g/mol. The molecule has 2 rings (SSSR count). The van der Waals surface area contributed by atoms with Gasteiger partial charge in [0.15, 0.2) is 0 Å². The zero-order valence-corrected chi connectivity index (χ0v) is 20.7. The van der Waals surface area contributed by atoms with E-state index in [9.17, 15) is 9.59 Å². The fraction of sp³-hybridized carbons (Fsp3) is 0.643. The molecule has 1 fully saturated rings. The van der Waals surface area contributed by atoms with E-state index >= 15 is 0 Å². The van der Waals surface area contributed by atoms with Crippen LogP contribution in [0.5, 0.6) is 0 Å². The number of carbonyl (C=O) groups is 2. The first-order chi connectivity index (χ1) is 16.1. The van der Waals surface area contributed by atoms with Gasteiger partial charge < -0.3 is 14.6 Å². The number of aliphatic carboxylic acids is 1. The number of rotatable bonds is 17. The molecule has 0 bridgehead atoms. The molecule has 1 heterocycles. The number of carboxylic acid groups (broad SMARTS) is 1. The lowest BCUT2D eigenvalue weighted by Crippen LogP contribution is -2.21. The molecular formula is C28H44O5. The number of hydrogen-bond acceptors (Lipinski definition) is 4. The third-order valence-corrected chi connectivity index (χ3v) is 5.89. The van der Waals surface area contributed by atoms with E-state index in [0.717, 1.165) is 18.4 Å². The van der Waals surface area contributed by atoms with Crippen molar-refractivity contribution in [3.05, 3.63) is 48.0 Å². The molecule has 1 unspecified atom stereocenters. The summed E-state index contributed by atoms with van der Waals surface area (Å²) in [6.45, 7) is 2.55. The molecule has 1 aliphatic heterocycles. The molecule has 0 radical (unpaired) electrons. The highest BCUT2D eigenvalue weighted by Gasteiger charge is 2.54. The van der Waals surface area contributed by atoms with Gasteiger partial charge in [0.1, 0.15) is 0 Å². The van der Waals surface area contributed by atoms with Crippen LogP contribution < -0.4 is 0 Å². The Morgan fingerprint density at radius 3 is 1.91 bits per heavy atom. The summed E-state index contributed by atoms with van der Waals surface area (Å²) in [6.07, 6.45) is 22.0. The minimum absolute atomic E-state index is 0.0763. The van der Waals surface area contributed by atoms with Crippen molar-refractivity contribution in [1.29, 1.82) is 0 Å². The second-order valence-electron chi connectivity index (χ2n) is 8.70. The van der Waals surface area contributed by atoms with Gasteiger partial charge in [-0.3, -0.25) is 4.79 Å². The van der Waals surface area contributed by atoms with Crippen LogP contribution in [0, 0.1) is 0 Å². The Morgan fingerprint density at radius 1 is 0.909 bits per heavy atom. The molecule has 1 saturated heterocycles. The van der Waals surface area contributed by atoms with E-state index in [0.29, 0.717) is 6.42 Å². The van der Waals surface area contributed by atoms with Crippen LogP contribution in [-0.2, 0) is 24.7 Å². The fourth-order valence-corrected chi connectivity index (χ4v) is 3.64. The van der Waals surface area contributed by atoms with E-state index in [-0.39, 0.29) is 12.6 Å². The molecule has 1 aromatic rings. The first kappa shape index (κ1) is 28.9. The number of allylic oxidation sites excluding steroid dienone is 2. The van der Waals surface area contributed by atoms with Gasteiger partial charge in [-0.05, 0) is 37.7 Å². The van der Waals surface area contributed by atoms with Gasteiger partial charge in [-0.2, -0.15) is 0 Å². The summed E-state index contributed by atoms with van der Waals surface area (Å²) in [5, 5.41) is 8.83. The summed E-state index contributed by atoms with van der Waals surface area (Å²) >= 11 is 0. The summed E-state index contributed by atoms with van der Waals surface area (Å²) in [7, 11) is 1.46. The van der Waals surface area contributed by atoms with Crippen LogP contribution in [0.2, 0.25) is 0 Å². The molecule has 0 aliphatic carbocycles. The topological polar surface area (TPSA) is 76.1 Å². The van der Waals surface area contributed by atoms with Gasteiger partial charge in [0, 0.05) is 6.42 Å². The van der Waals surface area contributed by atoms with E-state index in [1.54, 1.807) is 12.1 Å². The smallest absolute Gasteiger partial charge is 0.343 e. The van der Waals surface area contributed by atoms with Crippen LogP contribution in [-0.4, -0.2) is 30.8 Å².